The van der Waals surface area contributed by atoms with Crippen molar-refractivity contribution in [3.05, 3.63) is 12.7 Å². The molecule has 2 nitrogen and oxygen atoms in total. The fourth-order valence-electron chi connectivity index (χ4n) is 1.59. The van der Waals surface area contributed by atoms with Crippen molar-refractivity contribution in [2.45, 2.75) is 44.8 Å². The van der Waals surface area contributed by atoms with Crippen LogP contribution >= 0.6 is 0 Å². The van der Waals surface area contributed by atoms with Crippen LogP contribution < -0.4 is 12.4 Å². The summed E-state index contributed by atoms with van der Waals surface area (Å²) in [5, 5.41) is 0. The van der Waals surface area contributed by atoms with Crippen LogP contribution in [-0.4, -0.2) is 19.0 Å². The summed E-state index contributed by atoms with van der Waals surface area (Å²) in [5.41, 5.74) is 0. The molecule has 4 heteroatoms. The summed E-state index contributed by atoms with van der Waals surface area (Å²) in [4.78, 5) is 0. The van der Waals surface area contributed by atoms with E-state index >= 15 is 0 Å². The van der Waals surface area contributed by atoms with Gasteiger partial charge in [-0.3, -0.25) is 0 Å². The second kappa shape index (κ2) is 9.77. The Bertz CT molecular complexity index is 159. The van der Waals surface area contributed by atoms with Gasteiger partial charge < -0.3 is 21.9 Å². The predicted octanol–water partition coefficient (Wildman–Crippen LogP) is -0.309. The molecule has 0 aromatic heterocycles. The van der Waals surface area contributed by atoms with Crippen LogP contribution in [0.15, 0.2) is 6.08 Å². The molecule has 0 saturated carbocycles. The van der Waals surface area contributed by atoms with Crippen molar-refractivity contribution in [3.63, 3.8) is 0 Å². The van der Waals surface area contributed by atoms with Crippen molar-refractivity contribution in [2.75, 3.05) is 13.2 Å². The normalized spacial score (nSPS) is 17.7. The topological polar surface area (TPSA) is 18.5 Å². The van der Waals surface area contributed by atoms with E-state index in [4.69, 9.17) is 16.1 Å². The van der Waals surface area contributed by atoms with Crippen LogP contribution in [0.25, 0.3) is 0 Å². The van der Waals surface area contributed by atoms with Crippen molar-refractivity contribution < 1.29 is 41.4 Å². The first-order valence-electron chi connectivity index (χ1n) is 5.08. The van der Waals surface area contributed by atoms with Crippen molar-refractivity contribution in [1.82, 2.24) is 0 Å². The first-order valence-corrected chi connectivity index (χ1v) is 5.08. The molecule has 1 heterocycles. The minimum Gasteiger partial charge on any atom is -1.00 e. The minimum absolute atomic E-state index is 0. The van der Waals surface area contributed by atoms with Gasteiger partial charge in [-0.2, -0.15) is 0 Å². The Balaban J connectivity index is 0. The molecule has 0 bridgehead atoms. The van der Waals surface area contributed by atoms with E-state index in [1.807, 2.05) is 6.92 Å². The van der Waals surface area contributed by atoms with Crippen molar-refractivity contribution in [1.29, 1.82) is 0 Å². The molecule has 0 aromatic rings. The Hall–Kier alpha value is 0.573. The molecule has 1 saturated heterocycles. The maximum absolute atomic E-state index is 5.49. The van der Waals surface area contributed by atoms with E-state index in [9.17, 15) is 0 Å². The number of hydrogen-bond donors (Lipinski definition) is 0. The van der Waals surface area contributed by atoms with Gasteiger partial charge in [-0.15, -0.1) is 0 Å². The third-order valence-electron chi connectivity index (χ3n) is 2.40. The van der Waals surface area contributed by atoms with Crippen LogP contribution in [0.5, 0.6) is 0 Å². The van der Waals surface area contributed by atoms with Crippen LogP contribution in [0, 0.1) is 6.58 Å². The monoisotopic (exact) mass is 282 g/mol. The van der Waals surface area contributed by atoms with Gasteiger partial charge in [-0.05, 0) is 26.2 Å². The second-order valence-corrected chi connectivity index (χ2v) is 3.67. The summed E-state index contributed by atoms with van der Waals surface area (Å²) in [6.45, 7) is 8.79. The van der Waals surface area contributed by atoms with E-state index in [0.29, 0.717) is 0 Å². The molecule has 0 amide bonds. The minimum atomic E-state index is -0.299. The fourth-order valence-corrected chi connectivity index (χ4v) is 1.59. The van der Waals surface area contributed by atoms with Gasteiger partial charge in [0, 0.05) is 25.9 Å². The van der Waals surface area contributed by atoms with Crippen molar-refractivity contribution in [2.24, 2.45) is 0 Å². The van der Waals surface area contributed by atoms with Gasteiger partial charge in [0.1, 0.15) is 0 Å². The Morgan fingerprint density at radius 2 is 1.80 bits per heavy atom. The zero-order valence-electron chi connectivity index (χ0n) is 9.51. The number of ether oxygens (including phenoxy) is 2. The molecule has 0 aromatic carbocycles. The van der Waals surface area contributed by atoms with Crippen LogP contribution in [0.2, 0.25) is 0 Å². The Morgan fingerprint density at radius 3 is 2.33 bits per heavy atom. The molecule has 0 atom stereocenters. The average molecular weight is 284 g/mol. The molecule has 0 N–H and O–H groups in total. The molecular formula is C11H19ClO2Zn-. The molecule has 1 aliphatic heterocycles. The Labute approximate surface area is 112 Å². The van der Waals surface area contributed by atoms with Gasteiger partial charge in [0.2, 0.25) is 0 Å². The van der Waals surface area contributed by atoms with Gasteiger partial charge in [0.25, 0.3) is 0 Å². The summed E-state index contributed by atoms with van der Waals surface area (Å²) in [5.74, 6) is -0.299. The van der Waals surface area contributed by atoms with Gasteiger partial charge in [-0.25, -0.2) is 0 Å². The van der Waals surface area contributed by atoms with Crippen molar-refractivity contribution >= 4 is 0 Å². The van der Waals surface area contributed by atoms with Crippen molar-refractivity contribution in [3.8, 4) is 0 Å². The summed E-state index contributed by atoms with van der Waals surface area (Å²) in [6.07, 6.45) is 7.27. The smallest absolute Gasteiger partial charge is 0.165 e. The molecule has 0 spiro atoms. The second-order valence-electron chi connectivity index (χ2n) is 3.67. The zero-order chi connectivity index (χ0) is 9.57. The van der Waals surface area contributed by atoms with Gasteiger partial charge in [0.05, 0.1) is 13.2 Å². The van der Waals surface area contributed by atoms with E-state index < -0.39 is 0 Å². The number of allylic oxidation sites excluding steroid dienone is 1. The molecular weight excluding hydrogens is 265 g/mol. The van der Waals surface area contributed by atoms with E-state index in [1.54, 1.807) is 6.08 Å². The molecule has 0 unspecified atom stereocenters. The van der Waals surface area contributed by atoms with Gasteiger partial charge >= 0.3 is 0 Å². The van der Waals surface area contributed by atoms with Crippen LogP contribution in [0.1, 0.15) is 39.0 Å². The third-order valence-corrected chi connectivity index (χ3v) is 2.40. The maximum Gasteiger partial charge on any atom is 0.165 e. The number of rotatable bonds is 6. The summed E-state index contributed by atoms with van der Waals surface area (Å²) >= 11 is 0. The summed E-state index contributed by atoms with van der Waals surface area (Å²) in [6, 6.07) is 0. The molecule has 85 valence electrons. The Morgan fingerprint density at radius 1 is 1.20 bits per heavy atom. The molecule has 1 aliphatic rings. The molecule has 1 radical (unpaired) electrons. The number of halogens is 1. The van der Waals surface area contributed by atoms with Crippen LogP contribution in [-0.2, 0) is 29.0 Å². The summed E-state index contributed by atoms with van der Waals surface area (Å²) in [7, 11) is 0. The van der Waals surface area contributed by atoms with Gasteiger partial charge in [-0.1, -0.05) is 19.1 Å². The largest absolute Gasteiger partial charge is 1.00 e. The average Bonchev–Trinajstić information content (AvgIpc) is 2.53. The molecule has 0 aliphatic carbocycles. The maximum atomic E-state index is 5.49. The first kappa shape index (κ1) is 18.0. The molecule has 15 heavy (non-hydrogen) atoms. The third kappa shape index (κ3) is 7.46. The molecule has 1 fully saturated rings. The van der Waals surface area contributed by atoms with E-state index in [-0.39, 0.29) is 37.7 Å². The SMILES string of the molecule is [CH]=CCCCCCC1(C)OCCO1.[Cl-].[Zn]. The standard InChI is InChI=1S/C11H19O2.ClH.Zn/c1-3-4-5-6-7-8-11(2)12-9-10-13-11;;/h1,3H,4-10H2,2H3;1H;/p-1. The van der Waals surface area contributed by atoms with E-state index in [1.165, 1.54) is 12.8 Å². The number of unbranched alkanes of at least 4 members (excludes halogenated alkanes) is 3. The fraction of sp³-hybridized carbons (Fsp3) is 0.818. The Kier molecular flexibility index (Phi) is 11.7. The number of hydrogen-bond acceptors (Lipinski definition) is 2. The first-order chi connectivity index (χ1) is 6.27. The van der Waals surface area contributed by atoms with Crippen LogP contribution in [0.4, 0.5) is 0 Å². The zero-order valence-corrected chi connectivity index (χ0v) is 13.2. The molecule has 1 rings (SSSR count). The van der Waals surface area contributed by atoms with Gasteiger partial charge in [0.15, 0.2) is 5.79 Å². The predicted molar refractivity (Wildman–Crippen MR) is 52.3 cm³/mol. The van der Waals surface area contributed by atoms with E-state index in [2.05, 4.69) is 0 Å². The summed E-state index contributed by atoms with van der Waals surface area (Å²) < 4.78 is 11.0. The van der Waals surface area contributed by atoms with Crippen LogP contribution in [0.3, 0.4) is 0 Å². The quantitative estimate of drug-likeness (QED) is 0.492. The van der Waals surface area contributed by atoms with E-state index in [0.717, 1.165) is 32.5 Å².